The first-order valence-electron chi connectivity index (χ1n) is 9.48. The molecule has 0 spiro atoms. The summed E-state index contributed by atoms with van der Waals surface area (Å²) >= 11 is 2.99. The zero-order valence-electron chi connectivity index (χ0n) is 16.4. The van der Waals surface area contributed by atoms with Crippen LogP contribution in [-0.4, -0.2) is 24.2 Å². The lowest BCUT2D eigenvalue weighted by atomic mass is 9.88. The molecule has 0 saturated carbocycles. The van der Waals surface area contributed by atoms with Crippen molar-refractivity contribution in [2.75, 3.05) is 18.2 Å². The molecule has 5 nitrogen and oxygen atoms in total. The van der Waals surface area contributed by atoms with Crippen LogP contribution in [0.1, 0.15) is 47.5 Å². The van der Waals surface area contributed by atoms with E-state index < -0.39 is 0 Å². The van der Waals surface area contributed by atoms with Crippen LogP contribution in [0.4, 0.5) is 10.7 Å². The molecule has 2 aromatic rings. The first-order chi connectivity index (χ1) is 13.4. The van der Waals surface area contributed by atoms with Gasteiger partial charge in [-0.2, -0.15) is 0 Å². The summed E-state index contributed by atoms with van der Waals surface area (Å²) in [6.45, 7) is 4.19. The molecule has 3 N–H and O–H groups in total. The van der Waals surface area contributed by atoms with E-state index in [1.165, 1.54) is 35.1 Å². The average molecular weight is 419 g/mol. The van der Waals surface area contributed by atoms with Crippen molar-refractivity contribution in [1.29, 1.82) is 0 Å². The minimum Gasteiger partial charge on any atom is -0.465 e. The van der Waals surface area contributed by atoms with Gasteiger partial charge >= 0.3 is 5.97 Å². The fourth-order valence-corrected chi connectivity index (χ4v) is 5.85. The molecule has 0 aliphatic heterocycles. The number of fused-ring (bicyclic) bond motifs is 1. The molecule has 1 aromatic heterocycles. The number of hydrogen-bond acceptors (Lipinski definition) is 6. The summed E-state index contributed by atoms with van der Waals surface area (Å²) in [6.07, 6.45) is 3.50. The van der Waals surface area contributed by atoms with Crippen LogP contribution in [0.25, 0.3) is 0 Å². The van der Waals surface area contributed by atoms with Gasteiger partial charge in [0.15, 0.2) is 0 Å². The molecule has 1 aromatic carbocycles. The molecule has 0 saturated heterocycles. The highest BCUT2D eigenvalue weighted by atomic mass is 32.2. The number of amides is 1. The molecule has 3 rings (SSSR count). The van der Waals surface area contributed by atoms with E-state index in [4.69, 9.17) is 10.5 Å². The summed E-state index contributed by atoms with van der Waals surface area (Å²) < 4.78 is 5.00. The van der Waals surface area contributed by atoms with Gasteiger partial charge < -0.3 is 15.8 Å². The van der Waals surface area contributed by atoms with Crippen molar-refractivity contribution in [1.82, 2.24) is 0 Å². The summed E-state index contributed by atoms with van der Waals surface area (Å²) in [6, 6.07) is 7.52. The minimum atomic E-state index is -0.376. The van der Waals surface area contributed by atoms with Crippen molar-refractivity contribution in [2.45, 2.75) is 49.7 Å². The van der Waals surface area contributed by atoms with Crippen LogP contribution < -0.4 is 11.1 Å². The largest absolute Gasteiger partial charge is 0.465 e. The molecule has 7 heteroatoms. The highest BCUT2D eigenvalue weighted by Crippen LogP contribution is 2.40. The number of carbonyl (C=O) groups is 2. The van der Waals surface area contributed by atoms with Crippen LogP contribution in [0.3, 0.4) is 0 Å². The third kappa shape index (κ3) is 4.52. The molecular formula is C21H26N2O3S2. The van der Waals surface area contributed by atoms with Gasteiger partial charge in [-0.15, -0.1) is 23.1 Å². The smallest absolute Gasteiger partial charge is 0.341 e. The Morgan fingerprint density at radius 1 is 1.43 bits per heavy atom. The number of nitrogens with two attached hydrogens (primary N) is 1. The molecule has 1 aliphatic rings. The minimum absolute atomic E-state index is 0.105. The highest BCUT2D eigenvalue weighted by molar-refractivity contribution is 8.00. The third-order valence-electron chi connectivity index (χ3n) is 4.94. The molecule has 1 aliphatic carbocycles. The number of thioether (sulfide) groups is 1. The Morgan fingerprint density at radius 3 is 2.89 bits per heavy atom. The molecule has 2 atom stereocenters. The molecule has 1 amide bonds. The molecular weight excluding hydrogens is 392 g/mol. The van der Waals surface area contributed by atoms with Crippen molar-refractivity contribution in [3.05, 3.63) is 40.3 Å². The second-order valence-electron chi connectivity index (χ2n) is 7.12. The summed E-state index contributed by atoms with van der Waals surface area (Å²) in [5, 5.41) is 3.35. The first-order valence-corrected chi connectivity index (χ1v) is 11.2. The van der Waals surface area contributed by atoms with Crippen LogP contribution >= 0.6 is 23.1 Å². The van der Waals surface area contributed by atoms with E-state index in [1.54, 1.807) is 0 Å². The number of nitrogen functional groups attached to an aromatic ring is 1. The normalized spacial score (nSPS) is 16.9. The lowest BCUT2D eigenvalue weighted by Crippen LogP contribution is -2.25. The zero-order chi connectivity index (χ0) is 20.3. The number of rotatable bonds is 6. The fraction of sp³-hybridized carbons (Fsp3) is 0.429. The van der Waals surface area contributed by atoms with Crippen LogP contribution in [0.5, 0.6) is 0 Å². The number of methoxy groups -OCH3 is 1. The van der Waals surface area contributed by atoms with Crippen molar-refractivity contribution >= 4 is 45.7 Å². The van der Waals surface area contributed by atoms with Crippen molar-refractivity contribution in [3.8, 4) is 0 Å². The number of thiophene rings is 1. The predicted octanol–water partition coefficient (Wildman–Crippen LogP) is 4.75. The maximum absolute atomic E-state index is 13.0. The number of hydrogen-bond donors (Lipinski definition) is 2. The SMILES string of the molecule is CCC(Sc1cccc(N)c1)C(=O)Nc1sc2c(c1C(=O)OC)CCC(C)C2. The van der Waals surface area contributed by atoms with Gasteiger partial charge in [-0.05, 0) is 55.4 Å². The third-order valence-corrected chi connectivity index (χ3v) is 7.47. The maximum Gasteiger partial charge on any atom is 0.341 e. The number of nitrogens with one attached hydrogen (secondary N) is 1. The first kappa shape index (κ1) is 20.7. The summed E-state index contributed by atoms with van der Waals surface area (Å²) in [7, 11) is 1.38. The molecule has 0 bridgehead atoms. The maximum atomic E-state index is 13.0. The number of ether oxygens (including phenoxy) is 1. The van der Waals surface area contributed by atoms with Gasteiger partial charge in [-0.1, -0.05) is 19.9 Å². The van der Waals surface area contributed by atoms with Gasteiger partial charge in [0, 0.05) is 15.5 Å². The fourth-order valence-electron chi connectivity index (χ4n) is 3.42. The van der Waals surface area contributed by atoms with Crippen LogP contribution in [-0.2, 0) is 22.4 Å². The van der Waals surface area contributed by atoms with Gasteiger partial charge in [-0.25, -0.2) is 4.79 Å². The lowest BCUT2D eigenvalue weighted by Gasteiger charge is -2.18. The van der Waals surface area contributed by atoms with Crippen LogP contribution in [0, 0.1) is 5.92 Å². The van der Waals surface area contributed by atoms with E-state index >= 15 is 0 Å². The molecule has 0 fully saturated rings. The standard InChI is InChI=1S/C21H26N2O3S2/c1-4-16(27-14-7-5-6-13(22)11-14)19(24)23-20-18(21(25)26-3)15-9-8-12(2)10-17(15)28-20/h5-7,11-12,16H,4,8-10,22H2,1-3H3,(H,23,24). The van der Waals surface area contributed by atoms with Crippen molar-refractivity contribution in [2.24, 2.45) is 5.92 Å². The Morgan fingerprint density at radius 2 is 2.21 bits per heavy atom. The molecule has 1 heterocycles. The van der Waals surface area contributed by atoms with E-state index in [0.717, 1.165) is 29.7 Å². The van der Waals surface area contributed by atoms with E-state index in [-0.39, 0.29) is 17.1 Å². The van der Waals surface area contributed by atoms with E-state index in [0.29, 0.717) is 28.6 Å². The second kappa shape index (κ2) is 9.01. The monoisotopic (exact) mass is 418 g/mol. The van der Waals surface area contributed by atoms with Gasteiger partial charge in [0.25, 0.3) is 0 Å². The zero-order valence-corrected chi connectivity index (χ0v) is 18.0. The number of anilines is 2. The topological polar surface area (TPSA) is 81.4 Å². The predicted molar refractivity (Wildman–Crippen MR) is 116 cm³/mol. The Labute approximate surface area is 174 Å². The van der Waals surface area contributed by atoms with E-state index in [1.807, 2.05) is 31.2 Å². The van der Waals surface area contributed by atoms with E-state index in [9.17, 15) is 9.59 Å². The van der Waals surface area contributed by atoms with Crippen LogP contribution in [0.2, 0.25) is 0 Å². The Hall–Kier alpha value is -1.99. The Bertz CT molecular complexity index is 879. The molecule has 28 heavy (non-hydrogen) atoms. The van der Waals surface area contributed by atoms with Gasteiger partial charge in [0.05, 0.1) is 17.9 Å². The molecule has 2 unspecified atom stereocenters. The highest BCUT2D eigenvalue weighted by Gasteiger charge is 2.30. The lowest BCUT2D eigenvalue weighted by molar-refractivity contribution is -0.115. The Kier molecular flexibility index (Phi) is 6.67. The van der Waals surface area contributed by atoms with Crippen molar-refractivity contribution < 1.29 is 14.3 Å². The second-order valence-corrected chi connectivity index (χ2v) is 9.51. The number of carbonyl (C=O) groups excluding carboxylic acids is 2. The summed E-state index contributed by atoms with van der Waals surface area (Å²) in [4.78, 5) is 27.5. The van der Waals surface area contributed by atoms with Gasteiger partial charge in [0.1, 0.15) is 5.00 Å². The van der Waals surface area contributed by atoms with Crippen LogP contribution in [0.15, 0.2) is 29.2 Å². The Balaban J connectivity index is 1.83. The van der Waals surface area contributed by atoms with E-state index in [2.05, 4.69) is 12.2 Å². The summed E-state index contributed by atoms with van der Waals surface area (Å²) in [5.74, 6) is 0.105. The summed E-state index contributed by atoms with van der Waals surface area (Å²) in [5.41, 5.74) is 8.10. The quantitative estimate of drug-likeness (QED) is 0.402. The van der Waals surface area contributed by atoms with Crippen molar-refractivity contribution in [3.63, 3.8) is 0 Å². The molecule has 150 valence electrons. The number of benzene rings is 1. The average Bonchev–Trinajstić information content (AvgIpc) is 3.02. The molecule has 0 radical (unpaired) electrons. The van der Waals surface area contributed by atoms with Gasteiger partial charge in [-0.3, -0.25) is 4.79 Å². The van der Waals surface area contributed by atoms with Gasteiger partial charge in [0.2, 0.25) is 5.91 Å². The number of esters is 1.